The number of thiocarbonyl (C=S) groups is 1. The Morgan fingerprint density at radius 2 is 2.18 bits per heavy atom. The van der Waals surface area contributed by atoms with Gasteiger partial charge in [-0.1, -0.05) is 11.6 Å². The number of anilines is 1. The van der Waals surface area contributed by atoms with Gasteiger partial charge < -0.3 is 10.1 Å². The molecule has 2 aromatic rings. The summed E-state index contributed by atoms with van der Waals surface area (Å²) in [5, 5.41) is 5.79. The quantitative estimate of drug-likeness (QED) is 0.608. The molecule has 1 aromatic heterocycles. The van der Waals surface area contributed by atoms with Crippen molar-refractivity contribution in [3.63, 3.8) is 0 Å². The van der Waals surface area contributed by atoms with Crippen LogP contribution in [0.3, 0.4) is 0 Å². The lowest BCUT2D eigenvalue weighted by atomic mass is 10.2. The monoisotopic (exact) mass is 399 g/mol. The van der Waals surface area contributed by atoms with Crippen molar-refractivity contribution in [2.75, 3.05) is 12.4 Å². The maximum Gasteiger partial charge on any atom is 0.257 e. The van der Waals surface area contributed by atoms with Crippen LogP contribution in [0.1, 0.15) is 10.4 Å². The van der Waals surface area contributed by atoms with Gasteiger partial charge in [0.2, 0.25) is 0 Å². The maximum atomic E-state index is 12.1. The molecule has 0 bridgehead atoms. The second-order valence-electron chi connectivity index (χ2n) is 4.10. The fourth-order valence-electron chi connectivity index (χ4n) is 1.62. The zero-order valence-corrected chi connectivity index (χ0v) is 14.6. The molecule has 0 atom stereocenters. The van der Waals surface area contributed by atoms with Crippen LogP contribution in [0.15, 0.2) is 41.0 Å². The van der Waals surface area contributed by atoms with Crippen LogP contribution in [0.2, 0.25) is 5.15 Å². The van der Waals surface area contributed by atoms with Crippen LogP contribution in [0.4, 0.5) is 5.69 Å². The topological polar surface area (TPSA) is 63.2 Å². The van der Waals surface area contributed by atoms with Gasteiger partial charge in [0.1, 0.15) is 5.75 Å². The first-order valence-electron chi connectivity index (χ1n) is 6.07. The Bertz CT molecular complexity index is 727. The largest absolute Gasteiger partial charge is 0.496 e. The molecule has 1 amide bonds. The Labute approximate surface area is 146 Å². The molecule has 0 aliphatic heterocycles. The summed E-state index contributed by atoms with van der Waals surface area (Å²) in [6.07, 6.45) is 1.56. The van der Waals surface area contributed by atoms with Crippen LogP contribution in [0.25, 0.3) is 0 Å². The van der Waals surface area contributed by atoms with E-state index in [2.05, 4.69) is 31.5 Å². The molecule has 0 spiro atoms. The van der Waals surface area contributed by atoms with Gasteiger partial charge in [0.25, 0.3) is 5.91 Å². The molecule has 22 heavy (non-hydrogen) atoms. The van der Waals surface area contributed by atoms with Crippen molar-refractivity contribution < 1.29 is 9.53 Å². The van der Waals surface area contributed by atoms with Crippen molar-refractivity contribution >= 4 is 56.5 Å². The molecule has 2 rings (SSSR count). The highest BCUT2D eigenvalue weighted by atomic mass is 79.9. The Hall–Kier alpha value is -1.70. The molecule has 114 valence electrons. The lowest BCUT2D eigenvalue weighted by Gasteiger charge is -2.11. The molecular formula is C14H11BrClN3O2S. The molecule has 0 radical (unpaired) electrons. The van der Waals surface area contributed by atoms with E-state index in [9.17, 15) is 4.79 Å². The SMILES string of the molecule is COc1ccc(C(=O)NC(=S)Nc2cccnc2Cl)cc1Br. The van der Waals surface area contributed by atoms with E-state index in [4.69, 9.17) is 28.6 Å². The first kappa shape index (κ1) is 16.7. The van der Waals surface area contributed by atoms with E-state index in [0.29, 0.717) is 21.5 Å². The zero-order valence-electron chi connectivity index (χ0n) is 11.4. The first-order chi connectivity index (χ1) is 10.5. The number of methoxy groups -OCH3 is 1. The summed E-state index contributed by atoms with van der Waals surface area (Å²) in [5.41, 5.74) is 0.958. The van der Waals surface area contributed by atoms with Gasteiger partial charge in [-0.05, 0) is 58.5 Å². The number of carbonyl (C=O) groups excluding carboxylic acids is 1. The molecule has 0 aliphatic carbocycles. The third-order valence-electron chi connectivity index (χ3n) is 2.65. The summed E-state index contributed by atoms with van der Waals surface area (Å²) in [4.78, 5) is 16.0. The number of amides is 1. The summed E-state index contributed by atoms with van der Waals surface area (Å²) >= 11 is 14.3. The van der Waals surface area contributed by atoms with Crippen LogP contribution < -0.4 is 15.4 Å². The van der Waals surface area contributed by atoms with E-state index in [1.165, 1.54) is 0 Å². The number of benzene rings is 1. The number of rotatable bonds is 3. The molecule has 0 saturated carbocycles. The lowest BCUT2D eigenvalue weighted by molar-refractivity contribution is 0.0977. The van der Waals surface area contributed by atoms with E-state index in [1.807, 2.05) is 0 Å². The molecule has 0 fully saturated rings. The predicted molar refractivity (Wildman–Crippen MR) is 93.6 cm³/mol. The van der Waals surface area contributed by atoms with E-state index in [0.717, 1.165) is 0 Å². The van der Waals surface area contributed by atoms with E-state index < -0.39 is 0 Å². The number of carbonyl (C=O) groups is 1. The second-order valence-corrected chi connectivity index (χ2v) is 5.72. The van der Waals surface area contributed by atoms with Gasteiger partial charge in [-0.15, -0.1) is 0 Å². The molecular weight excluding hydrogens is 390 g/mol. The van der Waals surface area contributed by atoms with Crippen molar-refractivity contribution in [2.45, 2.75) is 0 Å². The number of halogens is 2. The van der Waals surface area contributed by atoms with Crippen molar-refractivity contribution in [1.29, 1.82) is 0 Å². The third-order valence-corrected chi connectivity index (χ3v) is 3.77. The molecule has 0 saturated heterocycles. The van der Waals surface area contributed by atoms with Gasteiger partial charge >= 0.3 is 0 Å². The summed E-state index contributed by atoms with van der Waals surface area (Å²) in [5.74, 6) is 0.292. The van der Waals surface area contributed by atoms with Crippen molar-refractivity contribution in [3.05, 3.63) is 51.7 Å². The van der Waals surface area contributed by atoms with E-state index in [1.54, 1.807) is 43.6 Å². The van der Waals surface area contributed by atoms with Crippen LogP contribution in [0, 0.1) is 0 Å². The Morgan fingerprint density at radius 1 is 1.41 bits per heavy atom. The van der Waals surface area contributed by atoms with Gasteiger partial charge in [0, 0.05) is 11.8 Å². The van der Waals surface area contributed by atoms with Crippen molar-refractivity contribution in [2.24, 2.45) is 0 Å². The number of ether oxygens (including phenoxy) is 1. The second kappa shape index (κ2) is 7.53. The molecule has 8 heteroatoms. The number of nitrogens with one attached hydrogen (secondary N) is 2. The number of aromatic nitrogens is 1. The highest BCUT2D eigenvalue weighted by molar-refractivity contribution is 9.10. The minimum atomic E-state index is -0.346. The smallest absolute Gasteiger partial charge is 0.257 e. The summed E-state index contributed by atoms with van der Waals surface area (Å²) in [6.45, 7) is 0. The minimum Gasteiger partial charge on any atom is -0.496 e. The summed E-state index contributed by atoms with van der Waals surface area (Å²) in [6, 6.07) is 8.39. The molecule has 5 nitrogen and oxygen atoms in total. The van der Waals surface area contributed by atoms with Crippen molar-refractivity contribution in [1.82, 2.24) is 10.3 Å². The highest BCUT2D eigenvalue weighted by Gasteiger charge is 2.11. The van der Waals surface area contributed by atoms with E-state index >= 15 is 0 Å². The normalized spacial score (nSPS) is 9.95. The van der Waals surface area contributed by atoms with Crippen molar-refractivity contribution in [3.8, 4) is 5.75 Å². The summed E-state index contributed by atoms with van der Waals surface area (Å²) in [7, 11) is 1.55. The number of pyridine rings is 1. The average Bonchev–Trinajstić information content (AvgIpc) is 2.49. The fraction of sp³-hybridized carbons (Fsp3) is 0.0714. The van der Waals surface area contributed by atoms with Crippen LogP contribution >= 0.6 is 39.7 Å². The summed E-state index contributed by atoms with van der Waals surface area (Å²) < 4.78 is 5.79. The van der Waals surface area contributed by atoms with Gasteiger partial charge in [-0.3, -0.25) is 10.1 Å². The van der Waals surface area contributed by atoms with Gasteiger partial charge in [-0.25, -0.2) is 4.98 Å². The Balaban J connectivity index is 2.04. The molecule has 1 aromatic carbocycles. The third kappa shape index (κ3) is 4.16. The molecule has 2 N–H and O–H groups in total. The number of nitrogens with zero attached hydrogens (tertiary/aromatic N) is 1. The first-order valence-corrected chi connectivity index (χ1v) is 7.65. The predicted octanol–water partition coefficient (Wildman–Crippen LogP) is 3.63. The fourth-order valence-corrected chi connectivity index (χ4v) is 2.53. The standard InChI is InChI=1S/C14H11BrClN3O2S/c1-21-11-5-4-8(7-9(11)15)13(20)19-14(22)18-10-3-2-6-17-12(10)16/h2-7H,1H3,(H2,18,19,20,22). The Morgan fingerprint density at radius 3 is 2.82 bits per heavy atom. The molecule has 1 heterocycles. The van der Waals surface area contributed by atoms with Crippen LogP contribution in [0.5, 0.6) is 5.75 Å². The maximum absolute atomic E-state index is 12.1. The van der Waals surface area contributed by atoms with Gasteiger partial charge in [-0.2, -0.15) is 0 Å². The lowest BCUT2D eigenvalue weighted by Crippen LogP contribution is -2.34. The number of hydrogen-bond acceptors (Lipinski definition) is 4. The molecule has 0 unspecified atom stereocenters. The van der Waals surface area contributed by atoms with Crippen LogP contribution in [-0.2, 0) is 0 Å². The Kier molecular flexibility index (Phi) is 5.70. The number of hydrogen-bond donors (Lipinski definition) is 2. The minimum absolute atomic E-state index is 0.131. The zero-order chi connectivity index (χ0) is 16.1. The van der Waals surface area contributed by atoms with Gasteiger partial charge in [0.15, 0.2) is 10.3 Å². The van der Waals surface area contributed by atoms with E-state index in [-0.39, 0.29) is 16.2 Å². The van der Waals surface area contributed by atoms with Crippen LogP contribution in [-0.4, -0.2) is 23.1 Å². The highest BCUT2D eigenvalue weighted by Crippen LogP contribution is 2.25. The average molecular weight is 401 g/mol. The molecule has 0 aliphatic rings. The van der Waals surface area contributed by atoms with Gasteiger partial charge in [0.05, 0.1) is 17.3 Å².